The van der Waals surface area contributed by atoms with Gasteiger partial charge in [0.2, 0.25) is 0 Å². The second-order valence-corrected chi connectivity index (χ2v) is 9.40. The number of hydrazine groups is 1. The van der Waals surface area contributed by atoms with Gasteiger partial charge in [0, 0.05) is 32.7 Å². The number of carbonyl (C=O) groups is 3. The minimum Gasteiger partial charge on any atom is -0.322 e. The molecule has 0 spiro atoms. The summed E-state index contributed by atoms with van der Waals surface area (Å²) in [6.07, 6.45) is 1.11. The minimum absolute atomic E-state index is 0.149. The molecule has 2 N–H and O–H groups in total. The molecule has 34 heavy (non-hydrogen) atoms. The fraction of sp³-hybridized carbons (Fsp3) is 0.423. The number of carbonyl (C=O) groups excluding carboxylic acids is 3. The SMILES string of the molecule is Cc1ccccc1CN1CCN(CC(=O)NN2C(=O)NC(C)(CCc3ccccc3)C2=O)CC1. The highest BCUT2D eigenvalue weighted by Crippen LogP contribution is 2.22. The highest BCUT2D eigenvalue weighted by atomic mass is 16.2. The summed E-state index contributed by atoms with van der Waals surface area (Å²) < 4.78 is 0. The monoisotopic (exact) mass is 463 g/mol. The van der Waals surface area contributed by atoms with Gasteiger partial charge in [-0.3, -0.25) is 24.8 Å². The first kappa shape index (κ1) is 23.9. The number of hydrogen-bond acceptors (Lipinski definition) is 5. The minimum atomic E-state index is -1.04. The predicted molar refractivity (Wildman–Crippen MR) is 130 cm³/mol. The molecule has 0 aliphatic carbocycles. The molecule has 2 aliphatic rings. The number of imide groups is 1. The van der Waals surface area contributed by atoms with Crippen molar-refractivity contribution in [3.63, 3.8) is 0 Å². The Balaban J connectivity index is 1.24. The third-order valence-corrected chi connectivity index (χ3v) is 6.74. The van der Waals surface area contributed by atoms with E-state index in [4.69, 9.17) is 0 Å². The number of rotatable bonds is 8. The third kappa shape index (κ3) is 5.63. The number of hydrogen-bond donors (Lipinski definition) is 2. The molecule has 2 heterocycles. The van der Waals surface area contributed by atoms with Gasteiger partial charge < -0.3 is 5.32 Å². The molecule has 4 rings (SSSR count). The number of benzene rings is 2. The van der Waals surface area contributed by atoms with E-state index in [9.17, 15) is 14.4 Å². The molecular weight excluding hydrogens is 430 g/mol. The van der Waals surface area contributed by atoms with E-state index in [1.807, 2.05) is 36.4 Å². The smallest absolute Gasteiger partial charge is 0.322 e. The highest BCUT2D eigenvalue weighted by molar-refractivity contribution is 6.07. The summed E-state index contributed by atoms with van der Waals surface area (Å²) >= 11 is 0. The van der Waals surface area contributed by atoms with E-state index in [-0.39, 0.29) is 12.5 Å². The summed E-state index contributed by atoms with van der Waals surface area (Å²) in [5.41, 5.74) is 5.17. The summed E-state index contributed by atoms with van der Waals surface area (Å²) in [4.78, 5) is 42.4. The number of aryl methyl sites for hydroxylation is 2. The van der Waals surface area contributed by atoms with Crippen molar-refractivity contribution in [1.29, 1.82) is 0 Å². The number of nitrogens with one attached hydrogen (secondary N) is 2. The predicted octanol–water partition coefficient (Wildman–Crippen LogP) is 2.09. The lowest BCUT2D eigenvalue weighted by atomic mass is 9.93. The van der Waals surface area contributed by atoms with Crippen LogP contribution in [0.1, 0.15) is 30.0 Å². The zero-order valence-electron chi connectivity index (χ0n) is 19.9. The number of piperazine rings is 1. The van der Waals surface area contributed by atoms with Gasteiger partial charge in [-0.1, -0.05) is 54.6 Å². The summed E-state index contributed by atoms with van der Waals surface area (Å²) in [5, 5.41) is 3.58. The average molecular weight is 464 g/mol. The van der Waals surface area contributed by atoms with Gasteiger partial charge >= 0.3 is 6.03 Å². The van der Waals surface area contributed by atoms with E-state index in [2.05, 4.69) is 45.7 Å². The van der Waals surface area contributed by atoms with Crippen LogP contribution in [0.15, 0.2) is 54.6 Å². The Morgan fingerprint density at radius 3 is 2.32 bits per heavy atom. The molecule has 0 saturated carbocycles. The van der Waals surface area contributed by atoms with Crippen molar-refractivity contribution < 1.29 is 14.4 Å². The molecule has 1 unspecified atom stereocenters. The second-order valence-electron chi connectivity index (χ2n) is 9.40. The summed E-state index contributed by atoms with van der Waals surface area (Å²) in [5.74, 6) is -0.784. The Hall–Kier alpha value is -3.23. The van der Waals surface area contributed by atoms with Crippen molar-refractivity contribution in [1.82, 2.24) is 25.6 Å². The van der Waals surface area contributed by atoms with Gasteiger partial charge in [0.1, 0.15) is 5.54 Å². The quantitative estimate of drug-likeness (QED) is 0.586. The first-order valence-corrected chi connectivity index (χ1v) is 11.8. The van der Waals surface area contributed by atoms with Crippen molar-refractivity contribution in [2.45, 2.75) is 38.8 Å². The Morgan fingerprint density at radius 2 is 1.62 bits per heavy atom. The topological polar surface area (TPSA) is 85.0 Å². The maximum atomic E-state index is 12.9. The van der Waals surface area contributed by atoms with Crippen LogP contribution >= 0.6 is 0 Å². The van der Waals surface area contributed by atoms with Gasteiger partial charge in [-0.15, -0.1) is 0 Å². The fourth-order valence-corrected chi connectivity index (χ4v) is 4.49. The highest BCUT2D eigenvalue weighted by Gasteiger charge is 2.48. The van der Waals surface area contributed by atoms with Gasteiger partial charge in [-0.25, -0.2) is 4.79 Å². The van der Waals surface area contributed by atoms with Crippen LogP contribution < -0.4 is 10.7 Å². The van der Waals surface area contributed by atoms with Gasteiger partial charge in [-0.05, 0) is 43.4 Å². The molecule has 2 fully saturated rings. The van der Waals surface area contributed by atoms with Crippen molar-refractivity contribution in [2.24, 2.45) is 0 Å². The van der Waals surface area contributed by atoms with Crippen molar-refractivity contribution in [2.75, 3.05) is 32.7 Å². The third-order valence-electron chi connectivity index (χ3n) is 6.74. The lowest BCUT2D eigenvalue weighted by molar-refractivity contribution is -0.139. The molecular formula is C26H33N5O3. The van der Waals surface area contributed by atoms with E-state index < -0.39 is 17.5 Å². The molecule has 2 aromatic carbocycles. The van der Waals surface area contributed by atoms with Crippen LogP contribution in [0.4, 0.5) is 4.79 Å². The van der Waals surface area contributed by atoms with Crippen LogP contribution in [0, 0.1) is 6.92 Å². The van der Waals surface area contributed by atoms with Gasteiger partial charge in [0.15, 0.2) is 0 Å². The van der Waals surface area contributed by atoms with Gasteiger partial charge in [-0.2, -0.15) is 5.01 Å². The normalized spacial score (nSPS) is 21.5. The van der Waals surface area contributed by atoms with Crippen LogP contribution in [-0.2, 0) is 22.6 Å². The van der Waals surface area contributed by atoms with Crippen LogP contribution in [0.5, 0.6) is 0 Å². The number of nitrogens with zero attached hydrogens (tertiary/aromatic N) is 3. The molecule has 4 amide bonds. The van der Waals surface area contributed by atoms with Crippen molar-refractivity contribution in [3.8, 4) is 0 Å². The first-order valence-electron chi connectivity index (χ1n) is 11.8. The van der Waals surface area contributed by atoms with Crippen molar-refractivity contribution >= 4 is 17.8 Å². The fourth-order valence-electron chi connectivity index (χ4n) is 4.49. The Morgan fingerprint density at radius 1 is 0.971 bits per heavy atom. The Labute approximate surface area is 200 Å². The van der Waals surface area contributed by atoms with Crippen LogP contribution in [-0.4, -0.2) is 70.9 Å². The van der Waals surface area contributed by atoms with Gasteiger partial charge in [0.25, 0.3) is 11.8 Å². The zero-order chi connectivity index (χ0) is 24.1. The molecule has 180 valence electrons. The molecule has 2 aromatic rings. The maximum Gasteiger partial charge on any atom is 0.344 e. The van der Waals surface area contributed by atoms with E-state index in [0.29, 0.717) is 12.8 Å². The molecule has 2 aliphatic heterocycles. The molecule has 1 atom stereocenters. The molecule has 2 saturated heterocycles. The summed E-state index contributed by atoms with van der Waals surface area (Å²) in [6.45, 7) is 8.12. The van der Waals surface area contributed by atoms with Crippen LogP contribution in [0.2, 0.25) is 0 Å². The van der Waals surface area contributed by atoms with E-state index in [0.717, 1.165) is 43.3 Å². The second kappa shape index (κ2) is 10.4. The average Bonchev–Trinajstić information content (AvgIpc) is 3.04. The number of amides is 4. The molecule has 8 nitrogen and oxygen atoms in total. The van der Waals surface area contributed by atoms with Crippen molar-refractivity contribution in [3.05, 3.63) is 71.3 Å². The molecule has 8 heteroatoms. The first-order chi connectivity index (χ1) is 16.3. The maximum absolute atomic E-state index is 12.9. The zero-order valence-corrected chi connectivity index (χ0v) is 19.9. The lowest BCUT2D eigenvalue weighted by Crippen LogP contribution is -2.53. The summed E-state index contributed by atoms with van der Waals surface area (Å²) in [7, 11) is 0. The standard InChI is InChI=1S/C26H33N5O3/c1-20-8-6-7-11-22(20)18-29-14-16-30(17-15-29)19-23(32)28-31-24(33)26(2,27-25(31)34)13-12-21-9-4-3-5-10-21/h3-11H,12-19H2,1-2H3,(H,27,34)(H,28,32). The lowest BCUT2D eigenvalue weighted by Gasteiger charge is -2.34. The largest absolute Gasteiger partial charge is 0.344 e. The van der Waals surface area contributed by atoms with Crippen LogP contribution in [0.3, 0.4) is 0 Å². The number of urea groups is 1. The van der Waals surface area contributed by atoms with Crippen LogP contribution in [0.25, 0.3) is 0 Å². The molecule has 0 radical (unpaired) electrons. The molecule has 0 bridgehead atoms. The van der Waals surface area contributed by atoms with Gasteiger partial charge in [0.05, 0.1) is 6.54 Å². The van der Waals surface area contributed by atoms with E-state index in [1.54, 1.807) is 6.92 Å². The molecule has 0 aromatic heterocycles. The summed E-state index contributed by atoms with van der Waals surface area (Å²) in [6, 6.07) is 17.6. The van der Waals surface area contributed by atoms with E-state index in [1.165, 1.54) is 11.1 Å². The Kier molecular flexibility index (Phi) is 7.29. The Bertz CT molecular complexity index is 1040. The van der Waals surface area contributed by atoms with E-state index >= 15 is 0 Å².